The first-order valence-corrected chi connectivity index (χ1v) is 11.5. The second-order valence-corrected chi connectivity index (χ2v) is 8.92. The van der Waals surface area contributed by atoms with Crippen LogP contribution in [0.4, 0.5) is 0 Å². The van der Waals surface area contributed by atoms with Crippen molar-refractivity contribution in [2.24, 2.45) is 5.10 Å². The zero-order valence-corrected chi connectivity index (χ0v) is 20.6. The van der Waals surface area contributed by atoms with Crippen LogP contribution in [-0.4, -0.2) is 29.7 Å². The van der Waals surface area contributed by atoms with Gasteiger partial charge in [0.2, 0.25) is 5.91 Å². The lowest BCUT2D eigenvalue weighted by molar-refractivity contribution is -0.126. The molecule has 158 valence electrons. The lowest BCUT2D eigenvalue weighted by atomic mass is 9.90. The molecule has 0 fully saturated rings. The van der Waals surface area contributed by atoms with Crippen LogP contribution >= 0.6 is 45.2 Å². The van der Waals surface area contributed by atoms with E-state index in [0.717, 1.165) is 16.7 Å². The van der Waals surface area contributed by atoms with E-state index in [1.807, 2.05) is 106 Å². The number of carbonyl (C=O) groups excluding carboxylic acids is 2. The van der Waals surface area contributed by atoms with Gasteiger partial charge in [-0.2, -0.15) is 5.10 Å². The third-order valence-corrected chi connectivity index (χ3v) is 6.04. The predicted octanol–water partition coefficient (Wildman–Crippen LogP) is 4.00. The van der Waals surface area contributed by atoms with Gasteiger partial charge in [-0.25, -0.2) is 5.43 Å². The van der Waals surface area contributed by atoms with Crippen molar-refractivity contribution in [3.8, 4) is 5.75 Å². The normalized spacial score (nSPS) is 10.9. The maximum absolute atomic E-state index is 12.9. The minimum absolute atomic E-state index is 0.197. The van der Waals surface area contributed by atoms with Crippen LogP contribution in [0.1, 0.15) is 22.6 Å². The molecule has 3 aromatic carbocycles. The van der Waals surface area contributed by atoms with Crippen molar-refractivity contribution in [3.05, 3.63) is 96.6 Å². The van der Waals surface area contributed by atoms with E-state index in [0.29, 0.717) is 7.14 Å². The van der Waals surface area contributed by atoms with Gasteiger partial charge in [0.1, 0.15) is 5.75 Å². The summed E-state index contributed by atoms with van der Waals surface area (Å²) in [6.07, 6.45) is 1.49. The van der Waals surface area contributed by atoms with Gasteiger partial charge in [-0.3, -0.25) is 9.59 Å². The third kappa shape index (κ3) is 6.50. The highest BCUT2D eigenvalue weighted by molar-refractivity contribution is 14.1. The molecule has 3 aromatic rings. The van der Waals surface area contributed by atoms with Crippen molar-refractivity contribution < 1.29 is 14.7 Å². The highest BCUT2D eigenvalue weighted by Crippen LogP contribution is 2.27. The van der Waals surface area contributed by atoms with Crippen LogP contribution in [0.5, 0.6) is 5.75 Å². The summed E-state index contributed by atoms with van der Waals surface area (Å²) in [6, 6.07) is 22.4. The summed E-state index contributed by atoms with van der Waals surface area (Å²) in [6.45, 7) is -0.197. The molecule has 6 nitrogen and oxygen atoms in total. The van der Waals surface area contributed by atoms with Crippen molar-refractivity contribution in [1.82, 2.24) is 10.7 Å². The summed E-state index contributed by atoms with van der Waals surface area (Å²) in [5.74, 6) is -0.997. The topological polar surface area (TPSA) is 90.8 Å². The fourth-order valence-electron chi connectivity index (χ4n) is 2.93. The van der Waals surface area contributed by atoms with Crippen LogP contribution in [0, 0.1) is 7.14 Å². The van der Waals surface area contributed by atoms with E-state index >= 15 is 0 Å². The summed E-state index contributed by atoms with van der Waals surface area (Å²) in [7, 11) is 0. The van der Waals surface area contributed by atoms with Crippen LogP contribution in [0.2, 0.25) is 0 Å². The van der Waals surface area contributed by atoms with E-state index in [2.05, 4.69) is 15.8 Å². The van der Waals surface area contributed by atoms with Gasteiger partial charge in [0.25, 0.3) is 5.91 Å². The van der Waals surface area contributed by atoms with Crippen molar-refractivity contribution in [1.29, 1.82) is 0 Å². The fourth-order valence-corrected chi connectivity index (χ4v) is 4.75. The Labute approximate surface area is 207 Å². The molecule has 0 saturated heterocycles. The molecule has 0 heterocycles. The first kappa shape index (κ1) is 23.2. The molecule has 0 atom stereocenters. The molecule has 0 aliphatic heterocycles. The Kier molecular flexibility index (Phi) is 8.41. The second kappa shape index (κ2) is 11.2. The molecule has 0 bridgehead atoms. The highest BCUT2D eigenvalue weighted by Gasteiger charge is 2.22. The van der Waals surface area contributed by atoms with E-state index in [4.69, 9.17) is 0 Å². The fraction of sp³-hybridized carbons (Fsp3) is 0.0870. The second-order valence-electron chi connectivity index (χ2n) is 6.60. The minimum atomic E-state index is -0.514. The molecule has 0 aliphatic carbocycles. The maximum atomic E-state index is 12.9. The van der Waals surface area contributed by atoms with E-state index in [1.165, 1.54) is 6.21 Å². The van der Waals surface area contributed by atoms with E-state index < -0.39 is 11.8 Å². The molecule has 0 aliphatic rings. The van der Waals surface area contributed by atoms with Crippen LogP contribution in [-0.2, 0) is 9.59 Å². The molecule has 0 spiro atoms. The number of rotatable bonds is 7. The lowest BCUT2D eigenvalue weighted by Crippen LogP contribution is -2.37. The highest BCUT2D eigenvalue weighted by atomic mass is 127. The zero-order valence-electron chi connectivity index (χ0n) is 16.3. The van der Waals surface area contributed by atoms with Crippen molar-refractivity contribution in [3.63, 3.8) is 0 Å². The molecular formula is C23H19I2N3O3. The van der Waals surface area contributed by atoms with Gasteiger partial charge in [0.05, 0.1) is 25.8 Å². The Morgan fingerprint density at radius 3 is 1.97 bits per heavy atom. The molecule has 0 saturated carbocycles. The molecule has 3 rings (SSSR count). The predicted molar refractivity (Wildman–Crippen MR) is 137 cm³/mol. The number of benzene rings is 3. The molecule has 0 unspecified atom stereocenters. The lowest BCUT2D eigenvalue weighted by Gasteiger charge is -2.17. The zero-order chi connectivity index (χ0) is 22.2. The third-order valence-electron chi connectivity index (χ3n) is 4.39. The van der Waals surface area contributed by atoms with Crippen LogP contribution in [0.25, 0.3) is 0 Å². The minimum Gasteiger partial charge on any atom is -0.506 e. The Hall–Kier alpha value is -2.47. The number of halogens is 2. The number of hydrazone groups is 1. The van der Waals surface area contributed by atoms with E-state index in [9.17, 15) is 14.7 Å². The number of hydrogen-bond donors (Lipinski definition) is 3. The number of nitrogens with zero attached hydrogens (tertiary/aromatic N) is 1. The number of phenols is 1. The van der Waals surface area contributed by atoms with Gasteiger partial charge >= 0.3 is 0 Å². The number of phenolic OH excluding ortho intramolecular Hbond substituents is 1. The average molecular weight is 639 g/mol. The maximum Gasteiger partial charge on any atom is 0.259 e. The van der Waals surface area contributed by atoms with E-state index in [1.54, 1.807) is 12.1 Å². The Morgan fingerprint density at radius 2 is 1.45 bits per heavy atom. The van der Waals surface area contributed by atoms with Gasteiger partial charge in [-0.1, -0.05) is 60.7 Å². The summed E-state index contributed by atoms with van der Waals surface area (Å²) >= 11 is 4.05. The standard InChI is InChI=1S/C23H19I2N3O3/c24-18-11-15(12-19(25)22(18)30)13-27-28-20(29)14-26-23(31)21(16-7-3-1-4-8-16)17-9-5-2-6-10-17/h1-13,21,30H,14H2,(H,26,31)(H,28,29)/b27-13-. The van der Waals surface area contributed by atoms with Gasteiger partial charge in [0.15, 0.2) is 0 Å². The largest absolute Gasteiger partial charge is 0.506 e. The molecular weight excluding hydrogens is 620 g/mol. The molecule has 3 N–H and O–H groups in total. The molecule has 0 aromatic heterocycles. The number of hydrogen-bond acceptors (Lipinski definition) is 4. The van der Waals surface area contributed by atoms with Gasteiger partial charge < -0.3 is 10.4 Å². The quantitative estimate of drug-likeness (QED) is 0.208. The van der Waals surface area contributed by atoms with Gasteiger partial charge in [-0.15, -0.1) is 0 Å². The summed E-state index contributed by atoms with van der Waals surface area (Å²) < 4.78 is 1.38. The number of amides is 2. The van der Waals surface area contributed by atoms with Crippen molar-refractivity contribution in [2.45, 2.75) is 5.92 Å². The average Bonchev–Trinajstić information content (AvgIpc) is 2.77. The number of nitrogens with one attached hydrogen (secondary N) is 2. The Bertz CT molecular complexity index is 1030. The molecule has 8 heteroatoms. The van der Waals surface area contributed by atoms with Gasteiger partial charge in [-0.05, 0) is 74.0 Å². The molecule has 0 radical (unpaired) electrons. The van der Waals surface area contributed by atoms with Crippen LogP contribution < -0.4 is 10.7 Å². The smallest absolute Gasteiger partial charge is 0.259 e. The van der Waals surface area contributed by atoms with Crippen molar-refractivity contribution in [2.75, 3.05) is 6.54 Å². The molecule has 31 heavy (non-hydrogen) atoms. The number of carbonyl (C=O) groups is 2. The Balaban J connectivity index is 1.61. The Morgan fingerprint density at radius 1 is 0.935 bits per heavy atom. The SMILES string of the molecule is O=C(CNC(=O)C(c1ccccc1)c1ccccc1)N/N=C\c1cc(I)c(O)c(I)c1. The molecule has 2 amide bonds. The van der Waals surface area contributed by atoms with E-state index in [-0.39, 0.29) is 18.2 Å². The summed E-state index contributed by atoms with van der Waals surface area (Å²) in [5, 5.41) is 16.4. The summed E-state index contributed by atoms with van der Waals surface area (Å²) in [4.78, 5) is 25.0. The monoisotopic (exact) mass is 639 g/mol. The first-order valence-electron chi connectivity index (χ1n) is 9.33. The van der Waals surface area contributed by atoms with Gasteiger partial charge in [0, 0.05) is 0 Å². The van der Waals surface area contributed by atoms with Crippen molar-refractivity contribution >= 4 is 63.2 Å². The van der Waals surface area contributed by atoms with Crippen LogP contribution in [0.3, 0.4) is 0 Å². The summed E-state index contributed by atoms with van der Waals surface area (Å²) in [5.41, 5.74) is 4.84. The number of aromatic hydroxyl groups is 1. The first-order chi connectivity index (χ1) is 15.0. The van der Waals surface area contributed by atoms with Crippen LogP contribution in [0.15, 0.2) is 77.9 Å².